The predicted molar refractivity (Wildman–Crippen MR) is 91.3 cm³/mol. The summed E-state index contributed by atoms with van der Waals surface area (Å²) >= 11 is 17.0. The van der Waals surface area contributed by atoms with Gasteiger partial charge in [-0.2, -0.15) is 0 Å². The van der Waals surface area contributed by atoms with Crippen molar-refractivity contribution < 1.29 is 4.79 Å². The zero-order chi connectivity index (χ0) is 15.4. The number of nitrogens with one attached hydrogen (secondary N) is 2. The largest absolute Gasteiger partial charge is 0.332 e. The van der Waals surface area contributed by atoms with E-state index in [0.717, 1.165) is 11.3 Å². The van der Waals surface area contributed by atoms with Gasteiger partial charge in [0.05, 0.1) is 10.6 Å². The molecule has 0 saturated carbocycles. The fraction of sp³-hybridized carbons (Fsp3) is 0.0667. The Bertz CT molecular complexity index is 704. The van der Waals surface area contributed by atoms with Crippen LogP contribution in [0.3, 0.4) is 0 Å². The van der Waals surface area contributed by atoms with Crippen LogP contribution >= 0.6 is 35.4 Å². The number of thiocarbonyl (C=S) groups is 1. The maximum Gasteiger partial charge on any atom is 0.258 e. The minimum atomic E-state index is -0.363. The number of halogens is 2. The number of carbonyl (C=O) groups excluding carboxylic acids is 1. The monoisotopic (exact) mass is 338 g/mol. The molecule has 0 fully saturated rings. The Morgan fingerprint density at radius 1 is 1.14 bits per heavy atom. The van der Waals surface area contributed by atoms with Gasteiger partial charge in [-0.15, -0.1) is 0 Å². The lowest BCUT2D eigenvalue weighted by Gasteiger charge is -2.12. The van der Waals surface area contributed by atoms with E-state index in [-0.39, 0.29) is 11.0 Å². The second-order valence-corrected chi connectivity index (χ2v) is 5.60. The third-order valence-corrected chi connectivity index (χ3v) is 3.56. The molecular formula is C15H12Cl2N2OS. The third-order valence-electron chi connectivity index (χ3n) is 2.79. The Balaban J connectivity index is 2.07. The lowest BCUT2D eigenvalue weighted by molar-refractivity contribution is 0.0978. The van der Waals surface area contributed by atoms with E-state index in [2.05, 4.69) is 10.6 Å². The van der Waals surface area contributed by atoms with Gasteiger partial charge >= 0.3 is 0 Å². The van der Waals surface area contributed by atoms with Gasteiger partial charge < -0.3 is 5.32 Å². The van der Waals surface area contributed by atoms with Crippen molar-refractivity contribution in [3.05, 3.63) is 63.6 Å². The second-order valence-electron chi connectivity index (χ2n) is 4.35. The molecule has 0 bridgehead atoms. The van der Waals surface area contributed by atoms with Crippen LogP contribution in [0.4, 0.5) is 5.69 Å². The van der Waals surface area contributed by atoms with Gasteiger partial charge in [0.15, 0.2) is 5.11 Å². The molecule has 3 nitrogen and oxygen atoms in total. The summed E-state index contributed by atoms with van der Waals surface area (Å²) in [4.78, 5) is 12.1. The summed E-state index contributed by atoms with van der Waals surface area (Å²) in [6.07, 6.45) is 0. The highest BCUT2D eigenvalue weighted by atomic mass is 35.5. The van der Waals surface area contributed by atoms with Crippen molar-refractivity contribution in [3.8, 4) is 0 Å². The third kappa shape index (κ3) is 4.17. The van der Waals surface area contributed by atoms with E-state index in [1.165, 1.54) is 0 Å². The van der Waals surface area contributed by atoms with Gasteiger partial charge in [0.1, 0.15) is 0 Å². The molecule has 0 aromatic heterocycles. The molecule has 2 aromatic carbocycles. The molecule has 21 heavy (non-hydrogen) atoms. The minimum absolute atomic E-state index is 0.185. The highest BCUT2D eigenvalue weighted by molar-refractivity contribution is 7.80. The molecule has 0 spiro atoms. The Labute approximate surface area is 138 Å². The molecule has 0 aliphatic heterocycles. The summed E-state index contributed by atoms with van der Waals surface area (Å²) in [5.74, 6) is -0.363. The lowest BCUT2D eigenvalue weighted by Crippen LogP contribution is -2.34. The molecule has 0 unspecified atom stereocenters. The van der Waals surface area contributed by atoms with Crippen LogP contribution in [0.25, 0.3) is 0 Å². The zero-order valence-corrected chi connectivity index (χ0v) is 13.4. The number of hydrogen-bond donors (Lipinski definition) is 2. The number of aryl methyl sites for hydroxylation is 1. The van der Waals surface area contributed by atoms with E-state index in [1.807, 2.05) is 13.0 Å². The van der Waals surface area contributed by atoms with E-state index >= 15 is 0 Å². The van der Waals surface area contributed by atoms with Crippen LogP contribution < -0.4 is 10.6 Å². The summed E-state index contributed by atoms with van der Waals surface area (Å²) in [5.41, 5.74) is 2.08. The van der Waals surface area contributed by atoms with Gasteiger partial charge in [-0.05, 0) is 49.0 Å². The molecule has 1 amide bonds. The standard InChI is InChI=1S/C15H12Cl2N2OS/c1-9-6-7-10(16)8-13(9)18-15(21)19-14(20)11-4-2-3-5-12(11)17/h2-8H,1H3,(H2,18,19,20,21). The number of amides is 1. The first-order valence-electron chi connectivity index (χ1n) is 6.10. The van der Waals surface area contributed by atoms with Crippen molar-refractivity contribution in [2.75, 3.05) is 5.32 Å². The topological polar surface area (TPSA) is 41.1 Å². The van der Waals surface area contributed by atoms with Gasteiger partial charge in [-0.25, -0.2) is 0 Å². The van der Waals surface area contributed by atoms with Gasteiger partial charge in [0.2, 0.25) is 0 Å². The maximum absolute atomic E-state index is 12.1. The highest BCUT2D eigenvalue weighted by Crippen LogP contribution is 2.20. The fourth-order valence-electron chi connectivity index (χ4n) is 1.70. The van der Waals surface area contributed by atoms with Crippen molar-refractivity contribution in [3.63, 3.8) is 0 Å². The Morgan fingerprint density at radius 3 is 2.57 bits per heavy atom. The van der Waals surface area contributed by atoms with Crippen molar-refractivity contribution >= 4 is 52.1 Å². The van der Waals surface area contributed by atoms with Gasteiger partial charge in [0, 0.05) is 10.7 Å². The smallest absolute Gasteiger partial charge is 0.258 e. The first-order valence-corrected chi connectivity index (χ1v) is 7.27. The molecule has 0 aliphatic carbocycles. The summed E-state index contributed by atoms with van der Waals surface area (Å²) in [6.45, 7) is 1.91. The fourth-order valence-corrected chi connectivity index (χ4v) is 2.29. The lowest BCUT2D eigenvalue weighted by atomic mass is 10.2. The molecule has 2 rings (SSSR count). The van der Waals surface area contributed by atoms with Crippen molar-refractivity contribution in [1.29, 1.82) is 0 Å². The summed E-state index contributed by atoms with van der Waals surface area (Å²) in [6, 6.07) is 12.2. The first-order chi connectivity index (χ1) is 9.97. The van der Waals surface area contributed by atoms with E-state index in [9.17, 15) is 4.79 Å². The Hall–Kier alpha value is -1.62. The number of carbonyl (C=O) groups is 1. The van der Waals surface area contributed by atoms with E-state index < -0.39 is 0 Å². The highest BCUT2D eigenvalue weighted by Gasteiger charge is 2.11. The molecule has 0 aliphatic rings. The predicted octanol–water partition coefficient (Wildman–Crippen LogP) is 4.43. The van der Waals surface area contributed by atoms with E-state index in [1.54, 1.807) is 36.4 Å². The molecule has 0 atom stereocenters. The molecular weight excluding hydrogens is 327 g/mol. The SMILES string of the molecule is Cc1ccc(Cl)cc1NC(=S)NC(=O)c1ccccc1Cl. The molecule has 6 heteroatoms. The van der Waals surface area contributed by atoms with Gasteiger partial charge in [0.25, 0.3) is 5.91 Å². The summed E-state index contributed by atoms with van der Waals surface area (Å²) in [7, 11) is 0. The van der Waals surface area contributed by atoms with Crippen LogP contribution in [-0.4, -0.2) is 11.0 Å². The van der Waals surface area contributed by atoms with Crippen molar-refractivity contribution in [2.24, 2.45) is 0 Å². The van der Waals surface area contributed by atoms with Crippen LogP contribution in [0, 0.1) is 6.92 Å². The average molecular weight is 339 g/mol. The van der Waals surface area contributed by atoms with Crippen LogP contribution in [0.15, 0.2) is 42.5 Å². The van der Waals surface area contributed by atoms with Crippen LogP contribution in [0.5, 0.6) is 0 Å². The second kappa shape index (κ2) is 6.89. The van der Waals surface area contributed by atoms with Crippen LogP contribution in [0.2, 0.25) is 10.0 Å². The van der Waals surface area contributed by atoms with Crippen molar-refractivity contribution in [1.82, 2.24) is 5.32 Å². The Kier molecular flexibility index (Phi) is 5.17. The molecule has 108 valence electrons. The average Bonchev–Trinajstić information content (AvgIpc) is 2.43. The molecule has 2 N–H and O–H groups in total. The zero-order valence-electron chi connectivity index (χ0n) is 11.1. The minimum Gasteiger partial charge on any atom is -0.332 e. The summed E-state index contributed by atoms with van der Waals surface area (Å²) < 4.78 is 0. The first kappa shape index (κ1) is 15.8. The molecule has 0 saturated heterocycles. The number of anilines is 1. The molecule has 0 radical (unpaired) electrons. The Morgan fingerprint density at radius 2 is 1.86 bits per heavy atom. The number of benzene rings is 2. The van der Waals surface area contributed by atoms with Crippen LogP contribution in [-0.2, 0) is 0 Å². The van der Waals surface area contributed by atoms with Gasteiger partial charge in [-0.3, -0.25) is 10.1 Å². The maximum atomic E-state index is 12.1. The molecule has 0 heterocycles. The van der Waals surface area contributed by atoms with E-state index in [4.69, 9.17) is 35.4 Å². The van der Waals surface area contributed by atoms with Crippen molar-refractivity contribution in [2.45, 2.75) is 6.92 Å². The van der Waals surface area contributed by atoms with Gasteiger partial charge in [-0.1, -0.05) is 41.4 Å². The number of hydrogen-bond acceptors (Lipinski definition) is 2. The molecule has 2 aromatic rings. The summed E-state index contributed by atoms with van der Waals surface area (Å²) in [5, 5.41) is 6.67. The number of rotatable bonds is 2. The normalized spacial score (nSPS) is 10.0. The van der Waals surface area contributed by atoms with Crippen LogP contribution in [0.1, 0.15) is 15.9 Å². The van der Waals surface area contributed by atoms with E-state index in [0.29, 0.717) is 15.6 Å². The quantitative estimate of drug-likeness (QED) is 0.796.